The van der Waals surface area contributed by atoms with Crippen molar-refractivity contribution in [1.29, 1.82) is 0 Å². The second-order valence-electron chi connectivity index (χ2n) is 6.26. The Morgan fingerprint density at radius 3 is 2.63 bits per heavy atom. The number of aryl methyl sites for hydroxylation is 1. The second kappa shape index (κ2) is 7.74. The fourth-order valence-corrected chi connectivity index (χ4v) is 4.41. The summed E-state index contributed by atoms with van der Waals surface area (Å²) in [6.07, 6.45) is 1.53. The Hall–Kier alpha value is -2.31. The van der Waals surface area contributed by atoms with Gasteiger partial charge < -0.3 is 9.64 Å². The van der Waals surface area contributed by atoms with E-state index in [1.807, 2.05) is 13.8 Å². The SMILES string of the molecule is CCOc1ccccc1C(=O)N(c1ccc(C)c(Cl)c1)C1C=CS(=O)(=O)C1. The topological polar surface area (TPSA) is 63.7 Å². The van der Waals surface area contributed by atoms with Gasteiger partial charge in [-0.1, -0.05) is 29.8 Å². The number of hydrogen-bond acceptors (Lipinski definition) is 4. The lowest BCUT2D eigenvalue weighted by Gasteiger charge is -2.28. The van der Waals surface area contributed by atoms with E-state index in [0.717, 1.165) is 11.0 Å². The maximum atomic E-state index is 13.4. The van der Waals surface area contributed by atoms with Crippen molar-refractivity contribution < 1.29 is 17.9 Å². The van der Waals surface area contributed by atoms with Crippen LogP contribution in [0.2, 0.25) is 5.02 Å². The number of amides is 1. The number of halogens is 1. The molecule has 142 valence electrons. The summed E-state index contributed by atoms with van der Waals surface area (Å²) < 4.78 is 29.5. The molecule has 3 rings (SSSR count). The van der Waals surface area contributed by atoms with Crippen LogP contribution in [-0.2, 0) is 9.84 Å². The van der Waals surface area contributed by atoms with Gasteiger partial charge in [0.1, 0.15) is 5.75 Å². The number of carbonyl (C=O) groups excluding carboxylic acids is 1. The van der Waals surface area contributed by atoms with E-state index in [2.05, 4.69) is 0 Å². The highest BCUT2D eigenvalue weighted by molar-refractivity contribution is 7.94. The first-order valence-electron chi connectivity index (χ1n) is 8.55. The number of para-hydroxylation sites is 1. The Morgan fingerprint density at radius 2 is 2.00 bits per heavy atom. The Bertz CT molecular complexity index is 1000. The van der Waals surface area contributed by atoms with Crippen LogP contribution in [0.3, 0.4) is 0 Å². The molecule has 0 saturated carbocycles. The number of carbonyl (C=O) groups is 1. The van der Waals surface area contributed by atoms with Crippen LogP contribution in [0.1, 0.15) is 22.8 Å². The van der Waals surface area contributed by atoms with E-state index in [-0.39, 0.29) is 11.7 Å². The minimum atomic E-state index is -3.34. The van der Waals surface area contributed by atoms with Gasteiger partial charge in [0.05, 0.1) is 24.0 Å². The summed E-state index contributed by atoms with van der Waals surface area (Å²) >= 11 is 6.25. The van der Waals surface area contributed by atoms with Gasteiger partial charge in [0.2, 0.25) is 0 Å². The van der Waals surface area contributed by atoms with Crippen LogP contribution in [0, 0.1) is 6.92 Å². The van der Waals surface area contributed by atoms with E-state index in [0.29, 0.717) is 28.6 Å². The number of sulfone groups is 1. The van der Waals surface area contributed by atoms with Crippen LogP contribution < -0.4 is 9.64 Å². The van der Waals surface area contributed by atoms with E-state index >= 15 is 0 Å². The van der Waals surface area contributed by atoms with Crippen LogP contribution in [0.4, 0.5) is 5.69 Å². The minimum Gasteiger partial charge on any atom is -0.493 e. The van der Waals surface area contributed by atoms with Crippen molar-refractivity contribution in [2.45, 2.75) is 19.9 Å². The van der Waals surface area contributed by atoms with Gasteiger partial charge in [0, 0.05) is 16.1 Å². The molecule has 2 aromatic carbocycles. The molecule has 1 aliphatic heterocycles. The Labute approximate surface area is 164 Å². The average molecular weight is 406 g/mol. The molecule has 0 saturated heterocycles. The van der Waals surface area contributed by atoms with Gasteiger partial charge in [-0.25, -0.2) is 8.42 Å². The molecule has 1 amide bonds. The summed E-state index contributed by atoms with van der Waals surface area (Å²) in [7, 11) is -3.34. The first kappa shape index (κ1) is 19.5. The van der Waals surface area contributed by atoms with E-state index in [1.165, 1.54) is 11.0 Å². The van der Waals surface area contributed by atoms with E-state index in [9.17, 15) is 13.2 Å². The summed E-state index contributed by atoms with van der Waals surface area (Å²) in [6.45, 7) is 4.12. The van der Waals surface area contributed by atoms with Crippen molar-refractivity contribution in [3.63, 3.8) is 0 Å². The van der Waals surface area contributed by atoms with Gasteiger partial charge in [-0.2, -0.15) is 0 Å². The Morgan fingerprint density at radius 1 is 1.26 bits per heavy atom. The van der Waals surface area contributed by atoms with E-state index in [1.54, 1.807) is 42.5 Å². The molecular formula is C20H20ClNO4S. The molecule has 0 fully saturated rings. The molecule has 2 aromatic rings. The fraction of sp³-hybridized carbons (Fsp3) is 0.250. The Balaban J connectivity index is 2.08. The van der Waals surface area contributed by atoms with Crippen LogP contribution in [-0.4, -0.2) is 32.7 Å². The number of rotatable bonds is 5. The quantitative estimate of drug-likeness (QED) is 0.754. The van der Waals surface area contributed by atoms with Gasteiger partial charge in [0.25, 0.3) is 5.91 Å². The number of ether oxygens (including phenoxy) is 1. The summed E-state index contributed by atoms with van der Waals surface area (Å²) in [5, 5.41) is 1.66. The van der Waals surface area contributed by atoms with Crippen LogP contribution in [0.5, 0.6) is 5.75 Å². The third kappa shape index (κ3) is 4.17. The first-order valence-corrected chi connectivity index (χ1v) is 10.6. The molecule has 1 aliphatic rings. The van der Waals surface area contributed by atoms with Gasteiger partial charge in [-0.15, -0.1) is 0 Å². The molecule has 0 N–H and O–H groups in total. The highest BCUT2D eigenvalue weighted by Crippen LogP contribution is 2.30. The summed E-state index contributed by atoms with van der Waals surface area (Å²) in [6, 6.07) is 11.6. The van der Waals surface area contributed by atoms with Crippen LogP contribution >= 0.6 is 11.6 Å². The molecular weight excluding hydrogens is 386 g/mol. The molecule has 0 aromatic heterocycles. The lowest BCUT2D eigenvalue weighted by atomic mass is 10.1. The highest BCUT2D eigenvalue weighted by Gasteiger charge is 2.33. The van der Waals surface area contributed by atoms with E-state index in [4.69, 9.17) is 16.3 Å². The third-order valence-corrected chi connectivity index (χ3v) is 6.10. The Kier molecular flexibility index (Phi) is 5.58. The van der Waals surface area contributed by atoms with Crippen molar-refractivity contribution in [2.24, 2.45) is 0 Å². The maximum absolute atomic E-state index is 13.4. The van der Waals surface area contributed by atoms with Crippen molar-refractivity contribution in [2.75, 3.05) is 17.3 Å². The molecule has 7 heteroatoms. The molecule has 0 aliphatic carbocycles. The molecule has 1 atom stereocenters. The summed E-state index contributed by atoms with van der Waals surface area (Å²) in [4.78, 5) is 14.9. The number of hydrogen-bond donors (Lipinski definition) is 0. The lowest BCUT2D eigenvalue weighted by Crippen LogP contribution is -2.41. The fourth-order valence-electron chi connectivity index (χ4n) is 2.97. The van der Waals surface area contributed by atoms with Gasteiger partial charge in [-0.3, -0.25) is 4.79 Å². The normalized spacial score (nSPS) is 17.7. The third-order valence-electron chi connectivity index (χ3n) is 4.31. The average Bonchev–Trinajstić information content (AvgIpc) is 2.98. The molecule has 0 bridgehead atoms. The number of benzene rings is 2. The van der Waals surface area contributed by atoms with E-state index < -0.39 is 15.9 Å². The first-order chi connectivity index (χ1) is 12.8. The summed E-state index contributed by atoms with van der Waals surface area (Å²) in [5.41, 5.74) is 1.78. The lowest BCUT2D eigenvalue weighted by molar-refractivity contribution is 0.0979. The molecule has 1 unspecified atom stereocenters. The monoisotopic (exact) mass is 405 g/mol. The number of nitrogens with zero attached hydrogens (tertiary/aromatic N) is 1. The van der Waals surface area contributed by atoms with Crippen molar-refractivity contribution in [3.05, 3.63) is 70.1 Å². The predicted octanol–water partition coefficient (Wildman–Crippen LogP) is 4.00. The largest absolute Gasteiger partial charge is 0.493 e. The zero-order valence-electron chi connectivity index (χ0n) is 15.1. The second-order valence-corrected chi connectivity index (χ2v) is 8.60. The highest BCUT2D eigenvalue weighted by atomic mass is 35.5. The smallest absolute Gasteiger partial charge is 0.262 e. The van der Waals surface area contributed by atoms with Crippen molar-refractivity contribution in [3.8, 4) is 5.75 Å². The van der Waals surface area contributed by atoms with Gasteiger partial charge >= 0.3 is 0 Å². The van der Waals surface area contributed by atoms with Gasteiger partial charge in [0.15, 0.2) is 9.84 Å². The van der Waals surface area contributed by atoms with Crippen LogP contribution in [0.25, 0.3) is 0 Å². The maximum Gasteiger partial charge on any atom is 0.262 e. The zero-order chi connectivity index (χ0) is 19.6. The predicted molar refractivity (Wildman–Crippen MR) is 107 cm³/mol. The van der Waals surface area contributed by atoms with Crippen molar-refractivity contribution >= 4 is 33.0 Å². The van der Waals surface area contributed by atoms with Crippen molar-refractivity contribution in [1.82, 2.24) is 0 Å². The van der Waals surface area contributed by atoms with Gasteiger partial charge in [-0.05, 0) is 49.8 Å². The van der Waals surface area contributed by atoms with Crippen LogP contribution in [0.15, 0.2) is 53.9 Å². The molecule has 1 heterocycles. The molecule has 5 nitrogen and oxygen atoms in total. The minimum absolute atomic E-state index is 0.166. The number of anilines is 1. The molecule has 27 heavy (non-hydrogen) atoms. The zero-order valence-corrected chi connectivity index (χ0v) is 16.6. The molecule has 0 spiro atoms. The summed E-state index contributed by atoms with van der Waals surface area (Å²) in [5.74, 6) is -0.0510. The molecule has 0 radical (unpaired) electrons. The standard InChI is InChI=1S/C20H20ClNO4S/c1-3-26-19-7-5-4-6-17(19)20(23)22(16-10-11-27(24,25)13-16)15-9-8-14(2)18(21)12-15/h4-12,16H,3,13H2,1-2H3.